The molecule has 1 aromatic carbocycles. The molecule has 152 valence electrons. The fourth-order valence-electron chi connectivity index (χ4n) is 3.80. The van der Waals surface area contributed by atoms with Crippen LogP contribution < -0.4 is 9.80 Å². The zero-order valence-corrected chi connectivity index (χ0v) is 16.5. The van der Waals surface area contributed by atoms with Gasteiger partial charge >= 0.3 is 6.09 Å². The number of carbonyl (C=O) groups excluding carboxylic acids is 2. The highest BCUT2D eigenvalue weighted by atomic mass is 19.1. The fraction of sp³-hybridized carbons (Fsp3) is 0.381. The number of cyclic esters (lactones) is 1. The maximum Gasteiger partial charge on any atom is 0.414 e. The summed E-state index contributed by atoms with van der Waals surface area (Å²) in [5.41, 5.74) is 2.62. The van der Waals surface area contributed by atoms with Crippen molar-refractivity contribution in [3.63, 3.8) is 0 Å². The van der Waals surface area contributed by atoms with Crippen molar-refractivity contribution in [3.05, 3.63) is 53.0 Å². The molecular weight excluding hydrogens is 375 g/mol. The van der Waals surface area contributed by atoms with Gasteiger partial charge in [0.05, 0.1) is 17.8 Å². The summed E-state index contributed by atoms with van der Waals surface area (Å²) in [4.78, 5) is 34.1. The number of hydrogen-bond donors (Lipinski definition) is 0. The molecule has 0 N–H and O–H groups in total. The minimum absolute atomic E-state index is 0.0133. The molecule has 0 spiro atoms. The summed E-state index contributed by atoms with van der Waals surface area (Å²) >= 11 is 0. The number of ether oxygens (including phenoxy) is 1. The quantitative estimate of drug-likeness (QED) is 0.796. The van der Waals surface area contributed by atoms with E-state index in [-0.39, 0.29) is 18.1 Å². The molecule has 29 heavy (non-hydrogen) atoms. The number of amides is 2. The lowest BCUT2D eigenvalue weighted by molar-refractivity contribution is 0.0742. The van der Waals surface area contributed by atoms with E-state index in [1.54, 1.807) is 11.0 Å². The summed E-state index contributed by atoms with van der Waals surface area (Å²) in [7, 11) is 0. The standard InChI is InChI=1S/C21H23FN4O3/c1-14-11-15(2)19(23-13-14)24-5-7-25(8-6-24)20(27)17-4-3-16(12-18(17)22)26-9-10-29-21(26)28/h3-4,11-13H,5-10H2,1-2H3. The zero-order chi connectivity index (χ0) is 20.5. The Hall–Kier alpha value is -3.16. The maximum atomic E-state index is 14.6. The van der Waals surface area contributed by atoms with Crippen LogP contribution in [0.25, 0.3) is 0 Å². The number of nitrogens with zero attached hydrogens (tertiary/aromatic N) is 4. The van der Waals surface area contributed by atoms with E-state index in [9.17, 15) is 14.0 Å². The van der Waals surface area contributed by atoms with Crippen LogP contribution in [0.1, 0.15) is 21.5 Å². The SMILES string of the molecule is Cc1cnc(N2CCN(C(=O)c3ccc(N4CCOC4=O)cc3F)CC2)c(C)c1. The molecule has 2 aromatic rings. The predicted octanol–water partition coefficient (Wildman–Crippen LogP) is 2.76. The van der Waals surface area contributed by atoms with Crippen molar-refractivity contribution in [1.29, 1.82) is 0 Å². The number of aryl methyl sites for hydroxylation is 2. The number of piperazine rings is 1. The van der Waals surface area contributed by atoms with Crippen molar-refractivity contribution in [2.45, 2.75) is 13.8 Å². The Bertz CT molecular complexity index is 957. The normalized spacial score (nSPS) is 16.9. The maximum absolute atomic E-state index is 14.6. The lowest BCUT2D eigenvalue weighted by Crippen LogP contribution is -2.49. The van der Waals surface area contributed by atoms with Crippen LogP contribution in [0.2, 0.25) is 0 Å². The van der Waals surface area contributed by atoms with Crippen LogP contribution in [0.5, 0.6) is 0 Å². The van der Waals surface area contributed by atoms with E-state index in [0.29, 0.717) is 38.4 Å². The van der Waals surface area contributed by atoms with Gasteiger partial charge in [-0.05, 0) is 43.2 Å². The Balaban J connectivity index is 1.43. The van der Waals surface area contributed by atoms with Crippen LogP contribution in [-0.4, -0.2) is 61.2 Å². The van der Waals surface area contributed by atoms with Crippen molar-refractivity contribution in [1.82, 2.24) is 9.88 Å². The molecule has 0 atom stereocenters. The second kappa shape index (κ2) is 7.69. The molecule has 3 heterocycles. The summed E-state index contributed by atoms with van der Waals surface area (Å²) in [6, 6.07) is 6.33. The van der Waals surface area contributed by atoms with Gasteiger partial charge in [-0.25, -0.2) is 14.2 Å². The number of aromatic nitrogens is 1. The molecule has 2 amide bonds. The third kappa shape index (κ3) is 3.74. The molecule has 4 rings (SSSR count). The summed E-state index contributed by atoms with van der Waals surface area (Å²) in [5.74, 6) is -0.0484. The molecule has 2 fully saturated rings. The first kappa shape index (κ1) is 19.2. The molecule has 2 aliphatic heterocycles. The molecule has 0 unspecified atom stereocenters. The van der Waals surface area contributed by atoms with E-state index in [4.69, 9.17) is 4.74 Å². The number of pyridine rings is 1. The van der Waals surface area contributed by atoms with E-state index in [0.717, 1.165) is 16.9 Å². The first-order chi connectivity index (χ1) is 13.9. The Morgan fingerprint density at radius 1 is 1.10 bits per heavy atom. The zero-order valence-electron chi connectivity index (χ0n) is 16.5. The summed E-state index contributed by atoms with van der Waals surface area (Å²) in [6.07, 6.45) is 1.34. The van der Waals surface area contributed by atoms with Gasteiger partial charge in [0.2, 0.25) is 0 Å². The lowest BCUT2D eigenvalue weighted by atomic mass is 10.1. The third-order valence-electron chi connectivity index (χ3n) is 5.31. The van der Waals surface area contributed by atoms with Crippen molar-refractivity contribution < 1.29 is 18.7 Å². The van der Waals surface area contributed by atoms with E-state index in [1.807, 2.05) is 20.0 Å². The Morgan fingerprint density at radius 3 is 2.48 bits per heavy atom. The van der Waals surface area contributed by atoms with Gasteiger partial charge in [-0.1, -0.05) is 6.07 Å². The van der Waals surface area contributed by atoms with Crippen LogP contribution in [-0.2, 0) is 4.74 Å². The summed E-state index contributed by atoms with van der Waals surface area (Å²) in [5, 5.41) is 0. The van der Waals surface area contributed by atoms with Gasteiger partial charge in [-0.3, -0.25) is 9.69 Å². The van der Waals surface area contributed by atoms with Crippen molar-refractivity contribution in [2.24, 2.45) is 0 Å². The Kier molecular flexibility index (Phi) is 5.08. The minimum Gasteiger partial charge on any atom is -0.447 e. The molecule has 0 bridgehead atoms. The molecule has 7 nitrogen and oxygen atoms in total. The molecule has 0 aliphatic carbocycles. The number of rotatable bonds is 3. The molecule has 2 saturated heterocycles. The molecule has 0 radical (unpaired) electrons. The second-order valence-corrected chi connectivity index (χ2v) is 7.36. The van der Waals surface area contributed by atoms with Crippen molar-refractivity contribution in [2.75, 3.05) is 49.1 Å². The van der Waals surface area contributed by atoms with Crippen LogP contribution in [0, 0.1) is 19.7 Å². The van der Waals surface area contributed by atoms with Crippen LogP contribution >= 0.6 is 0 Å². The highest BCUT2D eigenvalue weighted by molar-refractivity contribution is 5.96. The van der Waals surface area contributed by atoms with Gasteiger partial charge in [0.25, 0.3) is 5.91 Å². The van der Waals surface area contributed by atoms with E-state index >= 15 is 0 Å². The van der Waals surface area contributed by atoms with Gasteiger partial charge in [-0.15, -0.1) is 0 Å². The largest absolute Gasteiger partial charge is 0.447 e. The van der Waals surface area contributed by atoms with Crippen LogP contribution in [0.4, 0.5) is 20.7 Å². The van der Waals surface area contributed by atoms with Gasteiger partial charge in [0, 0.05) is 32.4 Å². The number of anilines is 2. The Morgan fingerprint density at radius 2 is 1.86 bits per heavy atom. The van der Waals surface area contributed by atoms with Gasteiger partial charge in [0.15, 0.2) is 0 Å². The average molecular weight is 398 g/mol. The molecule has 2 aliphatic rings. The molecule has 0 saturated carbocycles. The van der Waals surface area contributed by atoms with Crippen molar-refractivity contribution >= 4 is 23.5 Å². The Labute approximate surface area is 168 Å². The van der Waals surface area contributed by atoms with Crippen LogP contribution in [0.15, 0.2) is 30.5 Å². The molecule has 1 aromatic heterocycles. The average Bonchev–Trinajstić information content (AvgIpc) is 3.13. The monoisotopic (exact) mass is 398 g/mol. The van der Waals surface area contributed by atoms with Crippen LogP contribution in [0.3, 0.4) is 0 Å². The topological polar surface area (TPSA) is 66.0 Å². The summed E-state index contributed by atoms with van der Waals surface area (Å²) < 4.78 is 19.5. The van der Waals surface area contributed by atoms with Gasteiger partial charge in [0.1, 0.15) is 18.2 Å². The highest BCUT2D eigenvalue weighted by Crippen LogP contribution is 2.24. The first-order valence-corrected chi connectivity index (χ1v) is 9.65. The molecule has 8 heteroatoms. The minimum atomic E-state index is -0.634. The van der Waals surface area contributed by atoms with E-state index in [2.05, 4.69) is 16.0 Å². The second-order valence-electron chi connectivity index (χ2n) is 7.36. The lowest BCUT2D eigenvalue weighted by Gasteiger charge is -2.36. The number of carbonyl (C=O) groups is 2. The van der Waals surface area contributed by atoms with E-state index < -0.39 is 11.9 Å². The fourth-order valence-corrected chi connectivity index (χ4v) is 3.80. The number of halogens is 1. The number of benzene rings is 1. The third-order valence-corrected chi connectivity index (χ3v) is 5.31. The summed E-state index contributed by atoms with van der Waals surface area (Å²) in [6.45, 7) is 6.96. The highest BCUT2D eigenvalue weighted by Gasteiger charge is 2.28. The van der Waals surface area contributed by atoms with Gasteiger partial charge in [-0.2, -0.15) is 0 Å². The van der Waals surface area contributed by atoms with Crippen molar-refractivity contribution in [3.8, 4) is 0 Å². The number of hydrogen-bond acceptors (Lipinski definition) is 5. The van der Waals surface area contributed by atoms with Gasteiger partial charge < -0.3 is 14.5 Å². The smallest absolute Gasteiger partial charge is 0.414 e. The van der Waals surface area contributed by atoms with E-state index in [1.165, 1.54) is 17.0 Å². The molecular formula is C21H23FN4O3. The predicted molar refractivity (Wildman–Crippen MR) is 107 cm³/mol. The first-order valence-electron chi connectivity index (χ1n) is 9.65.